The molecular weight excluding hydrogens is 591 g/mol. The van der Waals surface area contributed by atoms with E-state index in [4.69, 9.17) is 9.97 Å². The van der Waals surface area contributed by atoms with E-state index in [1.54, 1.807) is 0 Å². The van der Waals surface area contributed by atoms with Crippen LogP contribution in [0, 0.1) is 3.57 Å². The molecule has 0 bridgehead atoms. The number of carbonyl (C=O) groups excluding carboxylic acids is 2. The molecule has 2 N–H and O–H groups in total. The van der Waals surface area contributed by atoms with Crippen LogP contribution in [0.4, 0.5) is 5.69 Å². The minimum atomic E-state index is 0.0552. The number of amides is 1. The Morgan fingerprint density at radius 2 is 1.53 bits per heavy atom. The Bertz CT molecular complexity index is 1660. The lowest BCUT2D eigenvalue weighted by molar-refractivity contribution is -0.133. The number of nitrogens with one attached hydrogen (secondary N) is 2. The van der Waals surface area contributed by atoms with Gasteiger partial charge in [0, 0.05) is 59.4 Å². The molecule has 1 aliphatic rings. The number of aromatic nitrogens is 4. The summed E-state index contributed by atoms with van der Waals surface area (Å²) in [6.07, 6.45) is 0.617. The number of carbonyl (C=O) groups is 2. The number of imidazole rings is 2. The maximum Gasteiger partial charge on any atom is 0.223 e. The molecule has 192 valence electrons. The molecule has 3 aromatic carbocycles. The van der Waals surface area contributed by atoms with Gasteiger partial charge in [0.05, 0.1) is 22.1 Å². The first-order valence-corrected chi connectivity index (χ1v) is 13.8. The Kier molecular flexibility index (Phi) is 6.61. The van der Waals surface area contributed by atoms with Crippen molar-refractivity contribution < 1.29 is 9.59 Å². The molecule has 1 fully saturated rings. The molecule has 0 unspecified atom stereocenters. The van der Waals surface area contributed by atoms with E-state index in [1.165, 1.54) is 6.92 Å². The number of Topliss-reactive ketones (excluding diaryl/α,β-unsaturated/α-hetero) is 1. The van der Waals surface area contributed by atoms with Gasteiger partial charge in [0.25, 0.3) is 0 Å². The molecule has 1 amide bonds. The van der Waals surface area contributed by atoms with Gasteiger partial charge in [-0.1, -0.05) is 18.2 Å². The molecule has 0 spiro atoms. The topological polar surface area (TPSA) is 98.0 Å². The van der Waals surface area contributed by atoms with E-state index in [1.807, 2.05) is 23.1 Å². The molecule has 5 aromatic rings. The molecule has 6 rings (SSSR count). The molecule has 9 heteroatoms. The quantitative estimate of drug-likeness (QED) is 0.249. The van der Waals surface area contributed by atoms with E-state index >= 15 is 0 Å². The van der Waals surface area contributed by atoms with E-state index in [-0.39, 0.29) is 11.7 Å². The fraction of sp³-hybridized carbons (Fsp3) is 0.241. The van der Waals surface area contributed by atoms with E-state index < -0.39 is 0 Å². The number of ketones is 1. The Hall–Kier alpha value is -3.73. The standard InChI is InChI=1S/C29H27IN6O2/c1-18(37)6-11-27(38)36-14-12-35(13-15-36)20-8-10-24-26(17-20)33-28(31-24)19-7-9-23-25(16-19)34-29(32-23)21-4-2-3-5-22(21)30/h2-5,7-10,16-17H,6,11-15H2,1H3,(H,31,33)(H,32,34). The lowest BCUT2D eigenvalue weighted by atomic mass is 10.2. The van der Waals surface area contributed by atoms with Crippen LogP contribution < -0.4 is 4.90 Å². The molecule has 2 aromatic heterocycles. The number of rotatable bonds is 6. The van der Waals surface area contributed by atoms with E-state index in [0.717, 1.165) is 67.2 Å². The highest BCUT2D eigenvalue weighted by Crippen LogP contribution is 2.29. The summed E-state index contributed by atoms with van der Waals surface area (Å²) in [4.78, 5) is 44.3. The summed E-state index contributed by atoms with van der Waals surface area (Å²) in [7, 11) is 0. The molecule has 0 aliphatic carbocycles. The average molecular weight is 618 g/mol. The van der Waals surface area contributed by atoms with Crippen molar-refractivity contribution in [3.8, 4) is 22.8 Å². The molecule has 1 saturated heterocycles. The summed E-state index contributed by atoms with van der Waals surface area (Å²) in [6, 6.07) is 20.6. The van der Waals surface area contributed by atoms with Gasteiger partial charge in [0.15, 0.2) is 0 Å². The maximum absolute atomic E-state index is 12.4. The smallest absolute Gasteiger partial charge is 0.223 e. The molecule has 0 radical (unpaired) electrons. The number of aromatic amines is 2. The number of benzene rings is 3. The zero-order chi connectivity index (χ0) is 26.2. The normalized spacial score (nSPS) is 13.9. The fourth-order valence-electron chi connectivity index (χ4n) is 4.92. The van der Waals surface area contributed by atoms with Crippen LogP contribution in [0.2, 0.25) is 0 Å². The summed E-state index contributed by atoms with van der Waals surface area (Å²) in [5.41, 5.74) is 6.92. The second-order valence-corrected chi connectivity index (χ2v) is 10.8. The van der Waals surface area contributed by atoms with Crippen LogP contribution in [-0.4, -0.2) is 62.7 Å². The molecular formula is C29H27IN6O2. The van der Waals surface area contributed by atoms with Crippen molar-refractivity contribution in [2.24, 2.45) is 0 Å². The first-order valence-electron chi connectivity index (χ1n) is 12.7. The average Bonchev–Trinajstić information content (AvgIpc) is 3.55. The van der Waals surface area contributed by atoms with Crippen molar-refractivity contribution >= 4 is 62.0 Å². The molecule has 38 heavy (non-hydrogen) atoms. The van der Waals surface area contributed by atoms with Gasteiger partial charge in [-0.3, -0.25) is 4.79 Å². The van der Waals surface area contributed by atoms with Gasteiger partial charge in [0.1, 0.15) is 17.4 Å². The fourth-order valence-corrected chi connectivity index (χ4v) is 5.56. The molecule has 3 heterocycles. The van der Waals surface area contributed by atoms with Gasteiger partial charge in [-0.05, 0) is 72.0 Å². The van der Waals surface area contributed by atoms with Crippen LogP contribution in [-0.2, 0) is 9.59 Å². The van der Waals surface area contributed by atoms with Crippen molar-refractivity contribution in [3.63, 3.8) is 0 Å². The van der Waals surface area contributed by atoms with Crippen LogP contribution in [0.3, 0.4) is 0 Å². The number of hydrogen-bond donors (Lipinski definition) is 2. The van der Waals surface area contributed by atoms with Crippen LogP contribution >= 0.6 is 22.6 Å². The second-order valence-electron chi connectivity index (χ2n) is 9.65. The zero-order valence-corrected chi connectivity index (χ0v) is 23.2. The van der Waals surface area contributed by atoms with Gasteiger partial charge in [-0.25, -0.2) is 9.97 Å². The van der Waals surface area contributed by atoms with Crippen molar-refractivity contribution in [1.82, 2.24) is 24.8 Å². The number of H-pyrrole nitrogens is 2. The van der Waals surface area contributed by atoms with Gasteiger partial charge in [0.2, 0.25) is 5.91 Å². The first kappa shape index (κ1) is 24.6. The van der Waals surface area contributed by atoms with Crippen LogP contribution in [0.1, 0.15) is 19.8 Å². The monoisotopic (exact) mass is 618 g/mol. The van der Waals surface area contributed by atoms with E-state index in [9.17, 15) is 9.59 Å². The van der Waals surface area contributed by atoms with Gasteiger partial charge >= 0.3 is 0 Å². The lowest BCUT2D eigenvalue weighted by Crippen LogP contribution is -2.48. The van der Waals surface area contributed by atoms with Gasteiger partial charge in [-0.2, -0.15) is 0 Å². The predicted octanol–water partition coefficient (Wildman–Crippen LogP) is 5.40. The highest BCUT2D eigenvalue weighted by molar-refractivity contribution is 14.1. The zero-order valence-electron chi connectivity index (χ0n) is 21.0. The van der Waals surface area contributed by atoms with Crippen molar-refractivity contribution in [2.45, 2.75) is 19.8 Å². The number of halogens is 1. The predicted molar refractivity (Wildman–Crippen MR) is 158 cm³/mol. The van der Waals surface area contributed by atoms with Crippen LogP contribution in [0.15, 0.2) is 60.7 Å². The van der Waals surface area contributed by atoms with Crippen LogP contribution in [0.5, 0.6) is 0 Å². The van der Waals surface area contributed by atoms with Gasteiger partial charge < -0.3 is 24.6 Å². The number of nitrogens with zero attached hydrogens (tertiary/aromatic N) is 4. The minimum Gasteiger partial charge on any atom is -0.368 e. The molecule has 0 atom stereocenters. The number of piperazine rings is 1. The largest absolute Gasteiger partial charge is 0.368 e. The Labute approximate surface area is 233 Å². The molecule has 1 aliphatic heterocycles. The number of fused-ring (bicyclic) bond motifs is 2. The molecule has 8 nitrogen and oxygen atoms in total. The van der Waals surface area contributed by atoms with Gasteiger partial charge in [-0.15, -0.1) is 0 Å². The van der Waals surface area contributed by atoms with Crippen LogP contribution in [0.25, 0.3) is 44.8 Å². The Balaban J connectivity index is 1.20. The van der Waals surface area contributed by atoms with E-state index in [2.05, 4.69) is 79.9 Å². The number of anilines is 1. The first-order chi connectivity index (χ1) is 18.4. The summed E-state index contributed by atoms with van der Waals surface area (Å²) in [5.74, 6) is 1.78. The van der Waals surface area contributed by atoms with E-state index in [0.29, 0.717) is 25.9 Å². The minimum absolute atomic E-state index is 0.0552. The van der Waals surface area contributed by atoms with Crippen molar-refractivity contribution in [1.29, 1.82) is 0 Å². The second kappa shape index (κ2) is 10.2. The highest BCUT2D eigenvalue weighted by atomic mass is 127. The summed E-state index contributed by atoms with van der Waals surface area (Å²) in [5, 5.41) is 0. The summed E-state index contributed by atoms with van der Waals surface area (Å²) >= 11 is 2.33. The highest BCUT2D eigenvalue weighted by Gasteiger charge is 2.22. The van der Waals surface area contributed by atoms with Crippen molar-refractivity contribution in [3.05, 3.63) is 64.2 Å². The maximum atomic E-state index is 12.4. The summed E-state index contributed by atoms with van der Waals surface area (Å²) < 4.78 is 1.15. The third kappa shape index (κ3) is 4.90. The summed E-state index contributed by atoms with van der Waals surface area (Å²) in [6.45, 7) is 4.36. The lowest BCUT2D eigenvalue weighted by Gasteiger charge is -2.36. The molecule has 0 saturated carbocycles. The third-order valence-corrected chi connectivity index (χ3v) is 7.98. The Morgan fingerprint density at radius 3 is 2.29 bits per heavy atom. The SMILES string of the molecule is CC(=O)CCC(=O)N1CCN(c2ccc3[nH]c(-c4ccc5[nH]c(-c6ccccc6I)nc5c4)nc3c2)CC1. The Morgan fingerprint density at radius 1 is 0.842 bits per heavy atom. The number of hydrogen-bond acceptors (Lipinski definition) is 5. The third-order valence-electron chi connectivity index (χ3n) is 7.04. The van der Waals surface area contributed by atoms with Crippen molar-refractivity contribution in [2.75, 3.05) is 31.1 Å².